The van der Waals surface area contributed by atoms with Gasteiger partial charge < -0.3 is 5.32 Å². The third-order valence-electron chi connectivity index (χ3n) is 7.16. The van der Waals surface area contributed by atoms with Crippen molar-refractivity contribution < 1.29 is 8.42 Å². The lowest BCUT2D eigenvalue weighted by molar-refractivity contribution is 0.560. The highest BCUT2D eigenvalue weighted by atomic mass is 32.2. The maximum atomic E-state index is 13.6. The molecule has 9 heteroatoms. The lowest BCUT2D eigenvalue weighted by atomic mass is 10.0. The van der Waals surface area contributed by atoms with Crippen LogP contribution in [-0.2, 0) is 29.4 Å². The van der Waals surface area contributed by atoms with Crippen LogP contribution in [0.15, 0.2) is 29.6 Å². The van der Waals surface area contributed by atoms with Gasteiger partial charge in [0.05, 0.1) is 4.90 Å². The zero-order valence-electron chi connectivity index (χ0n) is 19.8. The highest BCUT2D eigenvalue weighted by Crippen LogP contribution is 2.42. The van der Waals surface area contributed by atoms with Crippen LogP contribution >= 0.6 is 0 Å². The molecular formula is C25H32N6O2S. The molecule has 2 heterocycles. The van der Waals surface area contributed by atoms with Gasteiger partial charge in [-0.3, -0.25) is 9.55 Å². The molecule has 6 rings (SSSR count). The number of hydrogen-bond donors (Lipinski definition) is 2. The van der Waals surface area contributed by atoms with Gasteiger partial charge in [-0.15, -0.1) is 10.2 Å². The van der Waals surface area contributed by atoms with Gasteiger partial charge in [0, 0.05) is 47.7 Å². The summed E-state index contributed by atoms with van der Waals surface area (Å²) in [5.74, 6) is 2.19. The van der Waals surface area contributed by atoms with Crippen molar-refractivity contribution in [2.45, 2.75) is 75.8 Å². The summed E-state index contributed by atoms with van der Waals surface area (Å²) >= 11 is 0. The molecule has 34 heavy (non-hydrogen) atoms. The average Bonchev–Trinajstić information content (AvgIpc) is 3.72. The van der Waals surface area contributed by atoms with Gasteiger partial charge in [-0.1, -0.05) is 13.8 Å². The van der Waals surface area contributed by atoms with E-state index in [9.17, 15) is 8.42 Å². The van der Waals surface area contributed by atoms with E-state index in [-0.39, 0.29) is 12.0 Å². The highest BCUT2D eigenvalue weighted by Gasteiger charge is 2.33. The average molecular weight is 481 g/mol. The van der Waals surface area contributed by atoms with Crippen LogP contribution in [0.5, 0.6) is 0 Å². The van der Waals surface area contributed by atoms with Crippen LogP contribution in [0.4, 0.5) is 5.95 Å². The van der Waals surface area contributed by atoms with Crippen LogP contribution in [0.3, 0.4) is 0 Å². The minimum Gasteiger partial charge on any atom is -0.351 e. The first-order valence-corrected chi connectivity index (χ1v) is 13.9. The number of sulfonamides is 1. The lowest BCUT2D eigenvalue weighted by Gasteiger charge is -2.16. The van der Waals surface area contributed by atoms with E-state index in [2.05, 4.69) is 35.9 Å². The first kappa shape index (κ1) is 22.0. The van der Waals surface area contributed by atoms with Crippen molar-refractivity contribution in [3.8, 4) is 0 Å². The van der Waals surface area contributed by atoms with Gasteiger partial charge >= 0.3 is 0 Å². The molecule has 0 aliphatic heterocycles. The normalized spacial score (nSPS) is 20.3. The van der Waals surface area contributed by atoms with Crippen LogP contribution in [0, 0.1) is 11.8 Å². The van der Waals surface area contributed by atoms with Crippen LogP contribution in [0.1, 0.15) is 62.3 Å². The molecule has 3 aromatic rings. The number of nitrogens with zero attached hydrogens (tertiary/aromatic N) is 4. The van der Waals surface area contributed by atoms with E-state index in [1.165, 1.54) is 12.8 Å². The van der Waals surface area contributed by atoms with E-state index >= 15 is 0 Å². The van der Waals surface area contributed by atoms with Crippen LogP contribution < -0.4 is 10.0 Å². The maximum absolute atomic E-state index is 13.6. The Bertz CT molecular complexity index is 1340. The van der Waals surface area contributed by atoms with E-state index in [4.69, 9.17) is 0 Å². The van der Waals surface area contributed by atoms with E-state index in [0.717, 1.165) is 65.3 Å². The maximum Gasteiger partial charge on any atom is 0.241 e. The third kappa shape index (κ3) is 4.31. The van der Waals surface area contributed by atoms with E-state index in [0.29, 0.717) is 23.8 Å². The van der Waals surface area contributed by atoms with Crippen molar-refractivity contribution in [3.63, 3.8) is 0 Å². The first-order chi connectivity index (χ1) is 16.4. The predicted octanol–water partition coefficient (Wildman–Crippen LogP) is 3.63. The zero-order valence-corrected chi connectivity index (χ0v) is 20.6. The topological polar surface area (TPSA) is 102 Å². The molecule has 0 amide bonds. The summed E-state index contributed by atoms with van der Waals surface area (Å²) in [6.45, 7) is 5.39. The fourth-order valence-electron chi connectivity index (χ4n) is 4.99. The molecule has 0 bridgehead atoms. The summed E-state index contributed by atoms with van der Waals surface area (Å²) in [5.41, 5.74) is 3.00. The van der Waals surface area contributed by atoms with Crippen molar-refractivity contribution in [2.24, 2.45) is 11.8 Å². The fourth-order valence-corrected chi connectivity index (χ4v) is 6.69. The van der Waals surface area contributed by atoms with Gasteiger partial charge in [0.2, 0.25) is 16.0 Å². The van der Waals surface area contributed by atoms with E-state index < -0.39 is 10.0 Å². The van der Waals surface area contributed by atoms with Gasteiger partial charge in [0.25, 0.3) is 0 Å². The van der Waals surface area contributed by atoms with Gasteiger partial charge in [0.15, 0.2) is 0 Å². The SMILES string of the molecule is CC(C)CNS(=O)(=O)c1c2c(cc3cnc(C4CC4)cc13)CC(Nc1nncn1CC1CC1)C2. The predicted molar refractivity (Wildman–Crippen MR) is 131 cm³/mol. The molecule has 3 aliphatic rings. The third-order valence-corrected chi connectivity index (χ3v) is 8.71. The monoisotopic (exact) mass is 480 g/mol. The Morgan fingerprint density at radius 2 is 1.97 bits per heavy atom. The van der Waals surface area contributed by atoms with Crippen molar-refractivity contribution in [3.05, 3.63) is 41.5 Å². The molecule has 2 saturated carbocycles. The minimum atomic E-state index is -3.67. The second-order valence-corrected chi connectivity index (χ2v) is 12.4. The molecule has 1 unspecified atom stereocenters. The fraction of sp³-hybridized carbons (Fsp3) is 0.560. The Morgan fingerprint density at radius 1 is 1.15 bits per heavy atom. The minimum absolute atomic E-state index is 0.0730. The first-order valence-electron chi connectivity index (χ1n) is 12.5. The summed E-state index contributed by atoms with van der Waals surface area (Å²) in [5, 5.41) is 13.6. The molecule has 2 N–H and O–H groups in total. The van der Waals surface area contributed by atoms with Crippen LogP contribution in [-0.4, -0.2) is 40.8 Å². The van der Waals surface area contributed by atoms with Crippen molar-refractivity contribution >= 4 is 26.7 Å². The number of hydrogen-bond acceptors (Lipinski definition) is 6. The van der Waals surface area contributed by atoms with Gasteiger partial charge in [0.1, 0.15) is 6.33 Å². The largest absolute Gasteiger partial charge is 0.351 e. The standard InChI is InChI=1S/C25H32N6O2S/c1-15(2)11-28-34(32,33)24-21-9-20(29-25-30-27-14-31(25)13-16-3-4-16)8-18(21)7-19-12-26-23(10-22(19)24)17-5-6-17/h7,10,12,14-17,20,28H,3-6,8-9,11,13H2,1-2H3,(H,29,30). The molecule has 3 aliphatic carbocycles. The molecule has 0 saturated heterocycles. The quantitative estimate of drug-likeness (QED) is 0.485. The highest BCUT2D eigenvalue weighted by molar-refractivity contribution is 7.89. The Labute approximate surface area is 200 Å². The number of rotatable bonds is 9. The summed E-state index contributed by atoms with van der Waals surface area (Å²) in [4.78, 5) is 5.10. The number of nitrogens with one attached hydrogen (secondary N) is 2. The number of pyridine rings is 1. The summed E-state index contributed by atoms with van der Waals surface area (Å²) in [6.07, 6.45) is 9.82. The van der Waals surface area contributed by atoms with Crippen molar-refractivity contribution in [1.82, 2.24) is 24.5 Å². The van der Waals surface area contributed by atoms with E-state index in [1.54, 1.807) is 6.33 Å². The molecule has 8 nitrogen and oxygen atoms in total. The number of aromatic nitrogens is 4. The second kappa shape index (κ2) is 8.30. The Balaban J connectivity index is 1.37. The Hall–Kier alpha value is -2.52. The second-order valence-electron chi connectivity index (χ2n) is 10.7. The molecule has 1 aromatic carbocycles. The summed E-state index contributed by atoms with van der Waals surface area (Å²) < 4.78 is 32.2. The van der Waals surface area contributed by atoms with Crippen LogP contribution in [0.25, 0.3) is 10.8 Å². The van der Waals surface area contributed by atoms with E-state index in [1.807, 2.05) is 26.1 Å². The van der Waals surface area contributed by atoms with Gasteiger partial charge in [-0.05, 0) is 73.6 Å². The Morgan fingerprint density at radius 3 is 2.71 bits per heavy atom. The number of benzene rings is 1. The number of anilines is 1. The molecule has 0 spiro atoms. The summed E-state index contributed by atoms with van der Waals surface area (Å²) in [6, 6.07) is 4.22. The lowest BCUT2D eigenvalue weighted by Crippen LogP contribution is -2.29. The smallest absolute Gasteiger partial charge is 0.241 e. The van der Waals surface area contributed by atoms with Gasteiger partial charge in [-0.2, -0.15) is 0 Å². The molecule has 0 radical (unpaired) electrons. The molecule has 180 valence electrons. The van der Waals surface area contributed by atoms with Crippen molar-refractivity contribution in [2.75, 3.05) is 11.9 Å². The van der Waals surface area contributed by atoms with Crippen molar-refractivity contribution in [1.29, 1.82) is 0 Å². The summed E-state index contributed by atoms with van der Waals surface area (Å²) in [7, 11) is -3.67. The molecule has 2 fully saturated rings. The molecule has 1 atom stereocenters. The molecule has 2 aromatic heterocycles. The number of fused-ring (bicyclic) bond motifs is 2. The Kier molecular flexibility index (Phi) is 5.37. The zero-order chi connectivity index (χ0) is 23.4. The van der Waals surface area contributed by atoms with Gasteiger partial charge in [-0.25, -0.2) is 13.1 Å². The van der Waals surface area contributed by atoms with Crippen LogP contribution in [0.2, 0.25) is 0 Å². The molecular weight excluding hydrogens is 448 g/mol.